The van der Waals surface area contributed by atoms with Gasteiger partial charge in [-0.1, -0.05) is 6.92 Å². The lowest BCUT2D eigenvalue weighted by atomic mass is 9.97. The summed E-state index contributed by atoms with van der Waals surface area (Å²) < 4.78 is 0. The van der Waals surface area contributed by atoms with Crippen molar-refractivity contribution in [3.05, 3.63) is 21.9 Å². The molecule has 0 aromatic carbocycles. The van der Waals surface area contributed by atoms with Crippen LogP contribution in [0.15, 0.2) is 11.4 Å². The van der Waals surface area contributed by atoms with E-state index in [0.717, 1.165) is 25.8 Å². The topological polar surface area (TPSA) is 60.9 Å². The molecule has 120 valence electrons. The van der Waals surface area contributed by atoms with Gasteiger partial charge in [0, 0.05) is 11.4 Å². The van der Waals surface area contributed by atoms with E-state index in [0.29, 0.717) is 13.0 Å². The number of likely N-dealkylation sites (tertiary alicyclic amines) is 1. The Hall–Kier alpha value is -1.40. The van der Waals surface area contributed by atoms with E-state index in [1.165, 1.54) is 10.4 Å². The summed E-state index contributed by atoms with van der Waals surface area (Å²) in [5.41, 5.74) is 1.28. The number of nitrogens with zero attached hydrogens (tertiary/aromatic N) is 2. The van der Waals surface area contributed by atoms with Gasteiger partial charge < -0.3 is 10.0 Å². The van der Waals surface area contributed by atoms with Gasteiger partial charge in [0.1, 0.15) is 6.04 Å². The van der Waals surface area contributed by atoms with Crippen molar-refractivity contribution < 1.29 is 14.7 Å². The highest BCUT2D eigenvalue weighted by atomic mass is 32.1. The maximum Gasteiger partial charge on any atom is 0.320 e. The minimum Gasteiger partial charge on any atom is -0.480 e. The Morgan fingerprint density at radius 2 is 2.23 bits per heavy atom. The molecule has 2 aliphatic rings. The average Bonchev–Trinajstić information content (AvgIpc) is 3.14. The summed E-state index contributed by atoms with van der Waals surface area (Å²) in [6, 6.07) is 1.78. The van der Waals surface area contributed by atoms with Gasteiger partial charge in [0.05, 0.1) is 12.6 Å². The molecule has 3 heterocycles. The SMILES string of the molecule is CCC1c2ccsc2CCN1C(=O)CN1CCC[C@H]1C(=O)O. The van der Waals surface area contributed by atoms with Crippen molar-refractivity contribution in [1.82, 2.24) is 9.80 Å². The number of rotatable bonds is 4. The summed E-state index contributed by atoms with van der Waals surface area (Å²) in [6.07, 6.45) is 3.32. The number of carbonyl (C=O) groups is 2. The average molecular weight is 322 g/mol. The first-order valence-electron chi connectivity index (χ1n) is 7.94. The Morgan fingerprint density at radius 3 is 2.95 bits per heavy atom. The normalized spacial score (nSPS) is 25.2. The number of carboxylic acid groups (broad SMARTS) is 1. The summed E-state index contributed by atoms with van der Waals surface area (Å²) in [6.45, 7) is 3.79. The van der Waals surface area contributed by atoms with Crippen molar-refractivity contribution in [3.8, 4) is 0 Å². The van der Waals surface area contributed by atoms with Crippen LogP contribution in [-0.4, -0.2) is 52.5 Å². The van der Waals surface area contributed by atoms with Gasteiger partial charge in [0.25, 0.3) is 0 Å². The van der Waals surface area contributed by atoms with Gasteiger partial charge in [-0.15, -0.1) is 11.3 Å². The number of fused-ring (bicyclic) bond motifs is 1. The highest BCUT2D eigenvalue weighted by molar-refractivity contribution is 7.10. The van der Waals surface area contributed by atoms with Crippen LogP contribution in [-0.2, 0) is 16.0 Å². The van der Waals surface area contributed by atoms with E-state index in [9.17, 15) is 14.7 Å². The largest absolute Gasteiger partial charge is 0.480 e. The minimum atomic E-state index is -0.809. The summed E-state index contributed by atoms with van der Waals surface area (Å²) in [5, 5.41) is 11.3. The zero-order chi connectivity index (χ0) is 15.7. The molecule has 1 aromatic heterocycles. The first-order valence-corrected chi connectivity index (χ1v) is 8.82. The molecule has 1 fully saturated rings. The lowest BCUT2D eigenvalue weighted by molar-refractivity contribution is -0.144. The van der Waals surface area contributed by atoms with Crippen molar-refractivity contribution in [2.45, 2.75) is 44.7 Å². The van der Waals surface area contributed by atoms with Crippen LogP contribution in [0.1, 0.15) is 42.7 Å². The number of aliphatic carboxylic acids is 1. The Morgan fingerprint density at radius 1 is 1.41 bits per heavy atom. The number of hydrogen-bond acceptors (Lipinski definition) is 4. The Labute approximate surface area is 134 Å². The fourth-order valence-electron chi connectivity index (χ4n) is 3.69. The fourth-order valence-corrected chi connectivity index (χ4v) is 4.62. The van der Waals surface area contributed by atoms with Crippen molar-refractivity contribution >= 4 is 23.2 Å². The van der Waals surface area contributed by atoms with Gasteiger partial charge >= 0.3 is 5.97 Å². The van der Waals surface area contributed by atoms with E-state index in [2.05, 4.69) is 18.4 Å². The Kier molecular flexibility index (Phi) is 4.49. The molecule has 0 radical (unpaired) electrons. The maximum atomic E-state index is 12.7. The predicted octanol–water partition coefficient (Wildman–Crippen LogP) is 2.13. The molecule has 0 aliphatic carbocycles. The van der Waals surface area contributed by atoms with Crippen molar-refractivity contribution in [1.29, 1.82) is 0 Å². The number of carboxylic acids is 1. The van der Waals surface area contributed by atoms with Gasteiger partial charge in [-0.3, -0.25) is 14.5 Å². The second-order valence-electron chi connectivity index (χ2n) is 6.03. The molecule has 22 heavy (non-hydrogen) atoms. The molecule has 2 atom stereocenters. The van der Waals surface area contributed by atoms with Gasteiger partial charge in [-0.2, -0.15) is 0 Å². The maximum absolute atomic E-state index is 12.7. The van der Waals surface area contributed by atoms with Crippen LogP contribution >= 0.6 is 11.3 Å². The third kappa shape index (κ3) is 2.77. The molecule has 1 aromatic rings. The predicted molar refractivity (Wildman–Crippen MR) is 85.0 cm³/mol. The third-order valence-electron chi connectivity index (χ3n) is 4.79. The highest BCUT2D eigenvalue weighted by Gasteiger charge is 2.35. The molecule has 1 amide bonds. The van der Waals surface area contributed by atoms with Crippen LogP contribution in [0, 0.1) is 0 Å². The number of thiophene rings is 1. The van der Waals surface area contributed by atoms with Crippen LogP contribution in [0.25, 0.3) is 0 Å². The molecule has 0 spiro atoms. The summed E-state index contributed by atoms with van der Waals surface area (Å²) in [4.78, 5) is 29.1. The minimum absolute atomic E-state index is 0.0665. The molecule has 0 bridgehead atoms. The Balaban J connectivity index is 1.71. The lowest BCUT2D eigenvalue weighted by Gasteiger charge is -2.36. The van der Waals surface area contributed by atoms with Crippen molar-refractivity contribution in [2.75, 3.05) is 19.6 Å². The van der Waals surface area contributed by atoms with Crippen LogP contribution in [0.5, 0.6) is 0 Å². The number of amides is 1. The first-order chi connectivity index (χ1) is 10.6. The summed E-state index contributed by atoms with van der Waals surface area (Å²) >= 11 is 1.77. The second-order valence-corrected chi connectivity index (χ2v) is 7.03. The van der Waals surface area contributed by atoms with E-state index in [1.807, 2.05) is 9.80 Å². The van der Waals surface area contributed by atoms with Crippen molar-refractivity contribution in [3.63, 3.8) is 0 Å². The monoisotopic (exact) mass is 322 g/mol. The van der Waals surface area contributed by atoms with Crippen LogP contribution in [0.2, 0.25) is 0 Å². The van der Waals surface area contributed by atoms with E-state index < -0.39 is 12.0 Å². The molecule has 3 rings (SSSR count). The third-order valence-corrected chi connectivity index (χ3v) is 5.79. The van der Waals surface area contributed by atoms with E-state index in [4.69, 9.17) is 0 Å². The van der Waals surface area contributed by atoms with Crippen molar-refractivity contribution in [2.24, 2.45) is 0 Å². The van der Waals surface area contributed by atoms with Gasteiger partial charge in [0.15, 0.2) is 0 Å². The van der Waals surface area contributed by atoms with E-state index in [-0.39, 0.29) is 18.5 Å². The molecular weight excluding hydrogens is 300 g/mol. The summed E-state index contributed by atoms with van der Waals surface area (Å²) in [5.74, 6) is -0.743. The van der Waals surface area contributed by atoms with Crippen LogP contribution in [0.3, 0.4) is 0 Å². The quantitative estimate of drug-likeness (QED) is 0.922. The standard InChI is InChI=1S/C16H22N2O3S/c1-2-12-11-6-9-22-14(11)5-8-18(12)15(19)10-17-7-3-4-13(17)16(20)21/h6,9,12-13H,2-5,7-8,10H2,1H3,(H,20,21)/t12?,13-/m0/s1. The number of hydrogen-bond donors (Lipinski definition) is 1. The van der Waals surface area contributed by atoms with Crippen LogP contribution in [0.4, 0.5) is 0 Å². The smallest absolute Gasteiger partial charge is 0.320 e. The fraction of sp³-hybridized carbons (Fsp3) is 0.625. The Bertz CT molecular complexity index is 571. The zero-order valence-corrected chi connectivity index (χ0v) is 13.6. The van der Waals surface area contributed by atoms with Gasteiger partial charge in [0.2, 0.25) is 5.91 Å². The summed E-state index contributed by atoms with van der Waals surface area (Å²) in [7, 11) is 0. The first kappa shape index (κ1) is 15.5. The molecule has 2 aliphatic heterocycles. The molecule has 1 N–H and O–H groups in total. The molecule has 1 saturated heterocycles. The molecule has 5 nitrogen and oxygen atoms in total. The van der Waals surface area contributed by atoms with Gasteiger partial charge in [-0.25, -0.2) is 0 Å². The second kappa shape index (κ2) is 6.38. The van der Waals surface area contributed by atoms with E-state index in [1.54, 1.807) is 11.3 Å². The molecule has 1 unspecified atom stereocenters. The zero-order valence-electron chi connectivity index (χ0n) is 12.8. The lowest BCUT2D eigenvalue weighted by Crippen LogP contribution is -2.47. The molecular formula is C16H22N2O3S. The molecule has 0 saturated carbocycles. The van der Waals surface area contributed by atoms with E-state index >= 15 is 0 Å². The number of carbonyl (C=O) groups excluding carboxylic acids is 1. The van der Waals surface area contributed by atoms with Gasteiger partial charge in [-0.05, 0) is 49.2 Å². The molecule has 6 heteroatoms. The highest BCUT2D eigenvalue weighted by Crippen LogP contribution is 2.35. The van der Waals surface area contributed by atoms with Crippen LogP contribution < -0.4 is 0 Å².